The molecule has 1 rings (SSSR count). The van der Waals surface area contributed by atoms with Crippen molar-refractivity contribution in [1.29, 1.82) is 0 Å². The van der Waals surface area contributed by atoms with E-state index in [-0.39, 0.29) is 12.2 Å². The number of aromatic carboxylic acids is 1. The van der Waals surface area contributed by atoms with Gasteiger partial charge in [0.2, 0.25) is 0 Å². The van der Waals surface area contributed by atoms with Crippen molar-refractivity contribution in [3.8, 4) is 0 Å². The van der Waals surface area contributed by atoms with Gasteiger partial charge in [-0.05, 0) is 11.6 Å². The molecule has 6 nitrogen and oxygen atoms in total. The summed E-state index contributed by atoms with van der Waals surface area (Å²) in [6.45, 7) is 3.27. The maximum atomic E-state index is 11.0. The van der Waals surface area contributed by atoms with Gasteiger partial charge in [0.1, 0.15) is 0 Å². The minimum Gasteiger partial charge on any atom is -0.478 e. The van der Waals surface area contributed by atoms with Crippen LogP contribution in [0.15, 0.2) is 24.3 Å². The molecule has 0 aliphatic carbocycles. The van der Waals surface area contributed by atoms with E-state index in [1.54, 1.807) is 31.4 Å². The summed E-state index contributed by atoms with van der Waals surface area (Å²) in [5.41, 5.74) is 0.929. The van der Waals surface area contributed by atoms with Gasteiger partial charge < -0.3 is 24.1 Å². The number of methoxy groups -OCH3 is 1. The third-order valence-electron chi connectivity index (χ3n) is 2.68. The third kappa shape index (κ3) is 7.77. The van der Waals surface area contributed by atoms with Crippen LogP contribution >= 0.6 is 0 Å². The van der Waals surface area contributed by atoms with Gasteiger partial charge in [-0.25, -0.2) is 4.79 Å². The molecule has 0 aliphatic rings. The maximum Gasteiger partial charge on any atom is 0.336 e. The third-order valence-corrected chi connectivity index (χ3v) is 2.68. The normalized spacial score (nSPS) is 10.7. The van der Waals surface area contributed by atoms with Crippen LogP contribution in [0.2, 0.25) is 0 Å². The second-order valence-electron chi connectivity index (χ2n) is 4.23. The van der Waals surface area contributed by atoms with E-state index in [0.29, 0.717) is 45.2 Å². The highest BCUT2D eigenvalue weighted by atomic mass is 16.6. The molecule has 0 heterocycles. The van der Waals surface area contributed by atoms with Crippen molar-refractivity contribution < 1.29 is 28.8 Å². The summed E-state index contributed by atoms with van der Waals surface area (Å²) >= 11 is 0. The molecule has 1 aromatic rings. The Labute approximate surface area is 124 Å². The minimum atomic E-state index is -0.946. The number of rotatable bonds is 12. The molecule has 0 spiro atoms. The van der Waals surface area contributed by atoms with E-state index >= 15 is 0 Å². The zero-order valence-corrected chi connectivity index (χ0v) is 12.2. The first-order chi connectivity index (χ1) is 10.3. The lowest BCUT2D eigenvalue weighted by molar-refractivity contribution is 0.000743. The van der Waals surface area contributed by atoms with E-state index in [1.807, 2.05) is 0 Å². The molecule has 0 saturated carbocycles. The maximum absolute atomic E-state index is 11.0. The fourth-order valence-corrected chi connectivity index (χ4v) is 1.62. The van der Waals surface area contributed by atoms with E-state index in [0.717, 1.165) is 0 Å². The summed E-state index contributed by atoms with van der Waals surface area (Å²) in [5.74, 6) is -0.946. The van der Waals surface area contributed by atoms with Gasteiger partial charge in [-0.3, -0.25) is 0 Å². The zero-order valence-electron chi connectivity index (χ0n) is 12.2. The quantitative estimate of drug-likeness (QED) is 0.591. The van der Waals surface area contributed by atoms with Gasteiger partial charge in [-0.1, -0.05) is 18.2 Å². The van der Waals surface area contributed by atoms with Crippen LogP contribution < -0.4 is 0 Å². The van der Waals surface area contributed by atoms with Crippen LogP contribution in [0.4, 0.5) is 0 Å². The summed E-state index contributed by atoms with van der Waals surface area (Å²) in [5, 5.41) is 9.02. The first-order valence-electron chi connectivity index (χ1n) is 6.79. The minimum absolute atomic E-state index is 0.260. The molecule has 6 heteroatoms. The van der Waals surface area contributed by atoms with E-state index in [1.165, 1.54) is 0 Å². The summed E-state index contributed by atoms with van der Waals surface area (Å²) < 4.78 is 20.8. The van der Waals surface area contributed by atoms with Crippen LogP contribution in [-0.2, 0) is 25.6 Å². The molecule has 1 aromatic carbocycles. The number of hydrogen-bond acceptors (Lipinski definition) is 5. The summed E-state index contributed by atoms with van der Waals surface area (Å²) in [4.78, 5) is 11.0. The molecule has 0 amide bonds. The van der Waals surface area contributed by atoms with E-state index in [2.05, 4.69) is 0 Å². The second kappa shape index (κ2) is 11.2. The summed E-state index contributed by atoms with van der Waals surface area (Å²) in [7, 11) is 1.62. The van der Waals surface area contributed by atoms with Crippen molar-refractivity contribution in [3.05, 3.63) is 35.4 Å². The molecular formula is C15H22O6. The highest BCUT2D eigenvalue weighted by Gasteiger charge is 2.08. The highest BCUT2D eigenvalue weighted by molar-refractivity contribution is 5.89. The molecule has 0 aliphatic heterocycles. The summed E-state index contributed by atoms with van der Waals surface area (Å²) in [6.07, 6.45) is 0. The van der Waals surface area contributed by atoms with Crippen molar-refractivity contribution in [3.63, 3.8) is 0 Å². The van der Waals surface area contributed by atoms with Gasteiger partial charge in [-0.2, -0.15) is 0 Å². The zero-order chi connectivity index (χ0) is 15.3. The monoisotopic (exact) mass is 298 g/mol. The lowest BCUT2D eigenvalue weighted by Gasteiger charge is -2.08. The lowest BCUT2D eigenvalue weighted by Crippen LogP contribution is -2.11. The number of hydrogen-bond donors (Lipinski definition) is 1. The largest absolute Gasteiger partial charge is 0.478 e. The average Bonchev–Trinajstić information content (AvgIpc) is 2.49. The van der Waals surface area contributed by atoms with Crippen LogP contribution in [0.25, 0.3) is 0 Å². The predicted octanol–water partition coefficient (Wildman–Crippen LogP) is 1.58. The SMILES string of the molecule is COCCOCCOCCOCc1ccccc1C(=O)O. The number of carbonyl (C=O) groups is 1. The standard InChI is InChI=1S/C15H22O6/c1-18-6-7-19-8-9-20-10-11-21-12-13-4-2-3-5-14(13)15(16)17/h2-5H,6-12H2,1H3,(H,16,17). The molecule has 0 aromatic heterocycles. The Hall–Kier alpha value is -1.47. The Morgan fingerprint density at radius 3 is 2.14 bits per heavy atom. The van der Waals surface area contributed by atoms with Crippen LogP contribution in [0, 0.1) is 0 Å². The van der Waals surface area contributed by atoms with E-state index in [9.17, 15) is 4.79 Å². The van der Waals surface area contributed by atoms with Crippen molar-refractivity contribution in [2.24, 2.45) is 0 Å². The molecule has 118 valence electrons. The van der Waals surface area contributed by atoms with E-state index in [4.69, 9.17) is 24.1 Å². The lowest BCUT2D eigenvalue weighted by atomic mass is 10.1. The highest BCUT2D eigenvalue weighted by Crippen LogP contribution is 2.09. The molecule has 1 N–H and O–H groups in total. The number of benzene rings is 1. The Balaban J connectivity index is 2.06. The Morgan fingerprint density at radius 2 is 1.52 bits per heavy atom. The molecule has 0 radical (unpaired) electrons. The first kappa shape index (κ1) is 17.6. The Morgan fingerprint density at radius 1 is 0.952 bits per heavy atom. The van der Waals surface area contributed by atoms with Crippen molar-refractivity contribution in [1.82, 2.24) is 0 Å². The van der Waals surface area contributed by atoms with Gasteiger partial charge in [0.25, 0.3) is 0 Å². The van der Waals surface area contributed by atoms with Crippen LogP contribution in [0.3, 0.4) is 0 Å². The van der Waals surface area contributed by atoms with Gasteiger partial charge in [-0.15, -0.1) is 0 Å². The molecule has 0 fully saturated rings. The Kier molecular flexibility index (Phi) is 9.39. The topological polar surface area (TPSA) is 74.2 Å². The first-order valence-corrected chi connectivity index (χ1v) is 6.79. The molecule has 0 atom stereocenters. The molecule has 0 saturated heterocycles. The van der Waals surface area contributed by atoms with Crippen LogP contribution in [0.1, 0.15) is 15.9 Å². The van der Waals surface area contributed by atoms with Crippen molar-refractivity contribution in [2.75, 3.05) is 46.8 Å². The predicted molar refractivity (Wildman–Crippen MR) is 76.6 cm³/mol. The molecular weight excluding hydrogens is 276 g/mol. The summed E-state index contributed by atoms with van der Waals surface area (Å²) in [6, 6.07) is 6.79. The van der Waals surface area contributed by atoms with Crippen LogP contribution in [-0.4, -0.2) is 57.8 Å². The Bertz CT molecular complexity index is 407. The fourth-order valence-electron chi connectivity index (χ4n) is 1.62. The van der Waals surface area contributed by atoms with Gasteiger partial charge in [0.05, 0.1) is 51.8 Å². The van der Waals surface area contributed by atoms with Gasteiger partial charge in [0.15, 0.2) is 0 Å². The number of ether oxygens (including phenoxy) is 4. The molecule has 0 unspecified atom stereocenters. The van der Waals surface area contributed by atoms with Crippen molar-refractivity contribution >= 4 is 5.97 Å². The fraction of sp³-hybridized carbons (Fsp3) is 0.533. The number of carboxylic acid groups (broad SMARTS) is 1. The van der Waals surface area contributed by atoms with E-state index < -0.39 is 5.97 Å². The van der Waals surface area contributed by atoms with Crippen molar-refractivity contribution in [2.45, 2.75) is 6.61 Å². The second-order valence-corrected chi connectivity index (χ2v) is 4.23. The molecule has 21 heavy (non-hydrogen) atoms. The molecule has 0 bridgehead atoms. The number of carboxylic acids is 1. The smallest absolute Gasteiger partial charge is 0.336 e. The van der Waals surface area contributed by atoms with Gasteiger partial charge in [0, 0.05) is 7.11 Å². The average molecular weight is 298 g/mol. The van der Waals surface area contributed by atoms with Crippen LogP contribution in [0.5, 0.6) is 0 Å². The van der Waals surface area contributed by atoms with Gasteiger partial charge >= 0.3 is 5.97 Å².